The van der Waals surface area contributed by atoms with Gasteiger partial charge in [0.1, 0.15) is 13.3 Å². The minimum atomic E-state index is -3.04. The third-order valence-electron chi connectivity index (χ3n) is 5.84. The van der Waals surface area contributed by atoms with E-state index in [0.717, 1.165) is 12.0 Å². The summed E-state index contributed by atoms with van der Waals surface area (Å²) < 4.78 is 4.93. The Balaban J connectivity index is 2.24. The average Bonchev–Trinajstić information content (AvgIpc) is 2.58. The molecule has 10 heteroatoms. The summed E-state index contributed by atoms with van der Waals surface area (Å²) in [6.07, 6.45) is -0.269. The van der Waals surface area contributed by atoms with Crippen molar-refractivity contribution in [3.8, 4) is 23.0 Å². The molecule has 3 rings (SSSR count). The van der Waals surface area contributed by atoms with Crippen LogP contribution in [0.15, 0.2) is 0 Å². The Morgan fingerprint density at radius 1 is 1.14 bits per heavy atom. The molecule has 0 bridgehead atoms. The van der Waals surface area contributed by atoms with E-state index in [0.29, 0.717) is 6.42 Å². The van der Waals surface area contributed by atoms with E-state index in [9.17, 15) is 35.7 Å². The number of ether oxygens (including phenoxy) is 1. The number of methoxy groups -OCH3 is 1. The lowest BCUT2D eigenvalue weighted by Crippen LogP contribution is -2.69. The van der Waals surface area contributed by atoms with Gasteiger partial charge in [-0.15, -0.1) is 0 Å². The van der Waals surface area contributed by atoms with Gasteiger partial charge in [0.05, 0.1) is 13.2 Å². The van der Waals surface area contributed by atoms with E-state index in [4.69, 9.17) is 12.6 Å². The van der Waals surface area contributed by atoms with Gasteiger partial charge in [0, 0.05) is 23.7 Å². The van der Waals surface area contributed by atoms with Gasteiger partial charge in [-0.3, -0.25) is 0 Å². The SMILES string of the molecule is [B]C1(O)c2c(O)c(O)c(OC)c(O)c2C2CC(O)C(CC(C)C)CN2C1(O)O. The highest BCUT2D eigenvalue weighted by Crippen LogP contribution is 2.60. The number of aliphatic hydroxyl groups excluding tert-OH is 1. The van der Waals surface area contributed by atoms with Crippen LogP contribution < -0.4 is 4.74 Å². The molecule has 1 aromatic rings. The second-order valence-electron chi connectivity index (χ2n) is 8.13. The van der Waals surface area contributed by atoms with Crippen molar-refractivity contribution < 1.29 is 40.5 Å². The lowest BCUT2D eigenvalue weighted by Gasteiger charge is -2.57. The molecule has 28 heavy (non-hydrogen) atoms. The molecule has 2 aliphatic rings. The molecule has 0 aromatic heterocycles. The Hall–Kier alpha value is -1.72. The van der Waals surface area contributed by atoms with Crippen molar-refractivity contribution in [2.45, 2.75) is 50.2 Å². The molecular weight excluding hydrogens is 369 g/mol. The molecule has 154 valence electrons. The first-order chi connectivity index (χ1) is 12.9. The van der Waals surface area contributed by atoms with Crippen LogP contribution in [-0.4, -0.2) is 74.2 Å². The van der Waals surface area contributed by atoms with Gasteiger partial charge in [-0.2, -0.15) is 0 Å². The number of aliphatic hydroxyl groups is 4. The maximum Gasteiger partial charge on any atom is 0.250 e. The topological polar surface area (TPSA) is 154 Å². The number of phenolic OH excluding ortho intramolecular Hbond substituents is 3. The van der Waals surface area contributed by atoms with E-state index in [1.165, 1.54) is 0 Å². The Kier molecular flexibility index (Phi) is 5.00. The zero-order valence-electron chi connectivity index (χ0n) is 16.0. The fourth-order valence-corrected chi connectivity index (χ4v) is 4.50. The Morgan fingerprint density at radius 2 is 1.75 bits per heavy atom. The summed E-state index contributed by atoms with van der Waals surface area (Å²) in [5.41, 5.74) is -3.73. The van der Waals surface area contributed by atoms with E-state index in [-0.39, 0.29) is 30.4 Å². The zero-order valence-corrected chi connectivity index (χ0v) is 16.0. The van der Waals surface area contributed by atoms with Crippen LogP contribution in [-0.2, 0) is 5.50 Å². The molecule has 2 heterocycles. The summed E-state index contributed by atoms with van der Waals surface area (Å²) in [6.45, 7) is 3.90. The molecule has 1 saturated heterocycles. The van der Waals surface area contributed by atoms with Crippen LogP contribution in [0.5, 0.6) is 23.0 Å². The van der Waals surface area contributed by atoms with Crippen molar-refractivity contribution in [1.29, 1.82) is 0 Å². The molecule has 0 spiro atoms. The number of rotatable bonds is 3. The van der Waals surface area contributed by atoms with Crippen LogP contribution in [0.4, 0.5) is 0 Å². The summed E-state index contributed by atoms with van der Waals surface area (Å²) in [7, 11) is 6.97. The normalized spacial score (nSPS) is 32.1. The Morgan fingerprint density at radius 3 is 2.29 bits per heavy atom. The van der Waals surface area contributed by atoms with Gasteiger partial charge in [0.15, 0.2) is 11.5 Å². The van der Waals surface area contributed by atoms with Crippen LogP contribution >= 0.6 is 0 Å². The molecule has 7 N–H and O–H groups in total. The maximum atomic E-state index is 10.8. The second-order valence-corrected chi connectivity index (χ2v) is 8.13. The summed E-state index contributed by atoms with van der Waals surface area (Å²) in [4.78, 5) is 1.09. The Bertz CT molecular complexity index is 782. The number of aromatic hydroxyl groups is 3. The van der Waals surface area contributed by atoms with Crippen LogP contribution in [0.1, 0.15) is 43.9 Å². The molecule has 1 aromatic carbocycles. The van der Waals surface area contributed by atoms with E-state index in [1.807, 2.05) is 13.8 Å². The largest absolute Gasteiger partial charge is 0.504 e. The van der Waals surface area contributed by atoms with Crippen LogP contribution in [0, 0.1) is 11.8 Å². The first-order valence-corrected chi connectivity index (χ1v) is 9.12. The van der Waals surface area contributed by atoms with E-state index >= 15 is 0 Å². The number of hydrogen-bond acceptors (Lipinski definition) is 9. The number of phenols is 3. The van der Waals surface area contributed by atoms with Gasteiger partial charge in [-0.1, -0.05) is 13.8 Å². The number of fused-ring (bicyclic) bond motifs is 3. The van der Waals surface area contributed by atoms with Crippen molar-refractivity contribution >= 4 is 7.85 Å². The molecule has 4 atom stereocenters. The minimum Gasteiger partial charge on any atom is -0.504 e. The number of hydrogen-bond donors (Lipinski definition) is 7. The highest BCUT2D eigenvalue weighted by Gasteiger charge is 2.61. The molecule has 0 aliphatic carbocycles. The third-order valence-corrected chi connectivity index (χ3v) is 5.84. The summed E-state index contributed by atoms with van der Waals surface area (Å²) in [5, 5.41) is 74.0. The zero-order chi connectivity index (χ0) is 21.2. The molecule has 9 nitrogen and oxygen atoms in total. The quantitative estimate of drug-likeness (QED) is 0.156. The molecule has 0 saturated carbocycles. The standard InChI is InChI=1S/C18H26BNO8/c1-7(2)4-8-6-20-9(5-10(8)21)11-12(17(19,25)18(20,26)27)14(23)15(24)16(28-3)13(11)22/h7-10,21-27H,4-6H2,1-3H3. The van der Waals surface area contributed by atoms with Crippen molar-refractivity contribution in [3.05, 3.63) is 11.1 Å². The highest BCUT2D eigenvalue weighted by atomic mass is 16.6. The van der Waals surface area contributed by atoms with Crippen LogP contribution in [0.2, 0.25) is 0 Å². The number of benzene rings is 1. The van der Waals surface area contributed by atoms with E-state index in [1.54, 1.807) is 0 Å². The van der Waals surface area contributed by atoms with Crippen LogP contribution in [0.25, 0.3) is 0 Å². The first-order valence-electron chi connectivity index (χ1n) is 9.12. The minimum absolute atomic E-state index is 0.0235. The maximum absolute atomic E-state index is 10.8. The number of nitrogens with zero attached hydrogens (tertiary/aromatic N) is 1. The summed E-state index contributed by atoms with van der Waals surface area (Å²) in [6, 6.07) is -1.01. The van der Waals surface area contributed by atoms with Gasteiger partial charge in [-0.25, -0.2) is 4.90 Å². The predicted molar refractivity (Wildman–Crippen MR) is 97.8 cm³/mol. The fourth-order valence-electron chi connectivity index (χ4n) is 4.50. The van der Waals surface area contributed by atoms with Crippen molar-refractivity contribution in [1.82, 2.24) is 4.90 Å². The lowest BCUT2D eigenvalue weighted by molar-refractivity contribution is -0.357. The Labute approximate surface area is 163 Å². The second kappa shape index (κ2) is 6.67. The van der Waals surface area contributed by atoms with Gasteiger partial charge in [0.2, 0.25) is 11.5 Å². The van der Waals surface area contributed by atoms with Crippen molar-refractivity contribution in [3.63, 3.8) is 0 Å². The van der Waals surface area contributed by atoms with Crippen molar-refractivity contribution in [2.75, 3.05) is 13.7 Å². The average molecular weight is 395 g/mol. The molecule has 2 radical (unpaired) electrons. The monoisotopic (exact) mass is 395 g/mol. The highest BCUT2D eigenvalue weighted by molar-refractivity contribution is 6.16. The molecule has 1 fully saturated rings. The van der Waals surface area contributed by atoms with Gasteiger partial charge in [-0.05, 0) is 24.7 Å². The molecular formula is C18H26BNO8. The molecule has 4 unspecified atom stereocenters. The van der Waals surface area contributed by atoms with E-state index < -0.39 is 52.1 Å². The third kappa shape index (κ3) is 2.74. The van der Waals surface area contributed by atoms with Crippen LogP contribution in [0.3, 0.4) is 0 Å². The first kappa shape index (κ1) is 21.0. The summed E-state index contributed by atoms with van der Waals surface area (Å²) >= 11 is 0. The van der Waals surface area contributed by atoms with Gasteiger partial charge in [0.25, 0.3) is 5.91 Å². The predicted octanol–water partition coefficient (Wildman–Crippen LogP) is -0.452. The van der Waals surface area contributed by atoms with Gasteiger partial charge >= 0.3 is 0 Å². The number of piperidine rings is 1. The summed E-state index contributed by atoms with van der Waals surface area (Å²) in [5.74, 6) is -6.05. The molecule has 0 amide bonds. The smallest absolute Gasteiger partial charge is 0.250 e. The van der Waals surface area contributed by atoms with E-state index in [2.05, 4.69) is 0 Å². The molecule has 2 aliphatic heterocycles. The van der Waals surface area contributed by atoms with Gasteiger partial charge < -0.3 is 40.5 Å². The lowest BCUT2D eigenvalue weighted by atomic mass is 9.64. The fraction of sp³-hybridized carbons (Fsp3) is 0.667. The van der Waals surface area contributed by atoms with Crippen molar-refractivity contribution in [2.24, 2.45) is 11.8 Å².